The molecule has 2 aromatic heterocycles. The van der Waals surface area contributed by atoms with Crippen molar-refractivity contribution in [2.75, 3.05) is 5.32 Å². The second kappa shape index (κ2) is 5.88. The van der Waals surface area contributed by atoms with E-state index in [9.17, 15) is 4.79 Å². The van der Waals surface area contributed by atoms with E-state index in [1.54, 1.807) is 0 Å². The van der Waals surface area contributed by atoms with Gasteiger partial charge in [-0.05, 0) is 56.5 Å². The van der Waals surface area contributed by atoms with Crippen LogP contribution in [0.1, 0.15) is 28.1 Å². The molecule has 3 aromatic rings. The molecular weight excluding hydrogens is 286 g/mol. The maximum atomic E-state index is 12.5. The Bertz CT molecular complexity index is 893. The predicted octanol–water partition coefficient (Wildman–Crippen LogP) is 3.75. The average molecular weight is 307 g/mol. The molecule has 0 aliphatic heterocycles. The van der Waals surface area contributed by atoms with Gasteiger partial charge < -0.3 is 9.72 Å². The summed E-state index contributed by atoms with van der Waals surface area (Å²) < 4.78 is 2.01. The molecule has 4 nitrogen and oxygen atoms in total. The lowest BCUT2D eigenvalue weighted by Gasteiger charge is -2.10. The fourth-order valence-electron chi connectivity index (χ4n) is 2.80. The molecule has 0 aliphatic carbocycles. The van der Waals surface area contributed by atoms with Crippen molar-refractivity contribution in [3.05, 3.63) is 64.6 Å². The van der Waals surface area contributed by atoms with Crippen LogP contribution in [-0.2, 0) is 11.2 Å². The van der Waals surface area contributed by atoms with E-state index in [2.05, 4.69) is 10.3 Å². The van der Waals surface area contributed by atoms with Crippen LogP contribution in [0.3, 0.4) is 0 Å². The minimum Gasteiger partial charge on any atom is -0.326 e. The van der Waals surface area contributed by atoms with E-state index >= 15 is 0 Å². The fraction of sp³-hybridized carbons (Fsp3) is 0.263. The summed E-state index contributed by atoms with van der Waals surface area (Å²) in [6.45, 7) is 8.00. The highest BCUT2D eigenvalue weighted by molar-refractivity contribution is 5.93. The summed E-state index contributed by atoms with van der Waals surface area (Å²) in [4.78, 5) is 17.1. The SMILES string of the molecule is Cc1ccc(C)c(NC(=O)Cc2c(C)nc3c(C)cccn23)c1. The van der Waals surface area contributed by atoms with Gasteiger partial charge in [-0.15, -0.1) is 0 Å². The average Bonchev–Trinajstić information content (AvgIpc) is 2.81. The molecule has 0 bridgehead atoms. The normalized spacial score (nSPS) is 11.0. The first-order valence-corrected chi connectivity index (χ1v) is 7.76. The number of pyridine rings is 1. The van der Waals surface area contributed by atoms with Crippen LogP contribution in [0.2, 0.25) is 0 Å². The molecule has 3 rings (SSSR count). The lowest BCUT2D eigenvalue weighted by Crippen LogP contribution is -2.17. The molecule has 0 unspecified atom stereocenters. The van der Waals surface area contributed by atoms with Crippen LogP contribution in [0.25, 0.3) is 5.65 Å². The first-order chi connectivity index (χ1) is 11.0. The minimum atomic E-state index is -0.0230. The lowest BCUT2D eigenvalue weighted by molar-refractivity contribution is -0.115. The summed E-state index contributed by atoms with van der Waals surface area (Å²) in [5, 5.41) is 3.02. The van der Waals surface area contributed by atoms with Crippen LogP contribution >= 0.6 is 0 Å². The van der Waals surface area contributed by atoms with Gasteiger partial charge in [0, 0.05) is 11.9 Å². The number of hydrogen-bond acceptors (Lipinski definition) is 2. The number of amides is 1. The largest absolute Gasteiger partial charge is 0.326 e. The highest BCUT2D eigenvalue weighted by Gasteiger charge is 2.14. The third-order valence-electron chi connectivity index (χ3n) is 4.14. The molecule has 1 N–H and O–H groups in total. The molecule has 0 radical (unpaired) electrons. The van der Waals surface area contributed by atoms with Crippen LogP contribution < -0.4 is 5.32 Å². The van der Waals surface area contributed by atoms with Gasteiger partial charge >= 0.3 is 0 Å². The smallest absolute Gasteiger partial charge is 0.230 e. The zero-order chi connectivity index (χ0) is 16.6. The number of carbonyl (C=O) groups excluding carboxylic acids is 1. The Balaban J connectivity index is 1.87. The second-order valence-electron chi connectivity index (χ2n) is 6.07. The summed E-state index contributed by atoms with van der Waals surface area (Å²) in [7, 11) is 0. The number of aromatic nitrogens is 2. The molecule has 118 valence electrons. The van der Waals surface area contributed by atoms with Gasteiger partial charge in [0.2, 0.25) is 5.91 Å². The Morgan fingerprint density at radius 2 is 1.91 bits per heavy atom. The topological polar surface area (TPSA) is 46.4 Å². The van der Waals surface area contributed by atoms with Crippen LogP contribution in [0.5, 0.6) is 0 Å². The van der Waals surface area contributed by atoms with Crippen molar-refractivity contribution in [2.24, 2.45) is 0 Å². The first kappa shape index (κ1) is 15.3. The Kier molecular flexibility index (Phi) is 3.90. The van der Waals surface area contributed by atoms with E-state index in [1.807, 2.05) is 68.6 Å². The van der Waals surface area contributed by atoms with Gasteiger partial charge in [-0.3, -0.25) is 4.79 Å². The van der Waals surface area contributed by atoms with Crippen LogP contribution in [0.4, 0.5) is 5.69 Å². The molecule has 23 heavy (non-hydrogen) atoms. The van der Waals surface area contributed by atoms with Crippen LogP contribution in [0, 0.1) is 27.7 Å². The van der Waals surface area contributed by atoms with Crippen LogP contribution in [0.15, 0.2) is 36.5 Å². The molecule has 0 aliphatic rings. The van der Waals surface area contributed by atoms with Gasteiger partial charge in [0.1, 0.15) is 5.65 Å². The predicted molar refractivity (Wildman–Crippen MR) is 92.9 cm³/mol. The zero-order valence-corrected chi connectivity index (χ0v) is 14.0. The van der Waals surface area contributed by atoms with Gasteiger partial charge in [-0.1, -0.05) is 18.2 Å². The van der Waals surface area contributed by atoms with Crippen molar-refractivity contribution in [1.82, 2.24) is 9.38 Å². The summed E-state index contributed by atoms with van der Waals surface area (Å²) in [6.07, 6.45) is 2.27. The van der Waals surface area contributed by atoms with E-state index in [-0.39, 0.29) is 5.91 Å². The summed E-state index contributed by atoms with van der Waals surface area (Å²) in [5.41, 5.74) is 6.93. The fourth-order valence-corrected chi connectivity index (χ4v) is 2.80. The number of hydrogen-bond donors (Lipinski definition) is 1. The summed E-state index contributed by atoms with van der Waals surface area (Å²) in [6, 6.07) is 10.1. The van der Waals surface area contributed by atoms with Gasteiger partial charge in [-0.25, -0.2) is 4.98 Å². The number of aryl methyl sites for hydroxylation is 4. The molecule has 0 saturated heterocycles. The highest BCUT2D eigenvalue weighted by Crippen LogP contribution is 2.19. The molecule has 1 amide bonds. The van der Waals surface area contributed by atoms with Crippen molar-refractivity contribution in [3.8, 4) is 0 Å². The highest BCUT2D eigenvalue weighted by atomic mass is 16.1. The molecular formula is C19H21N3O. The molecule has 0 saturated carbocycles. The standard InChI is InChI=1S/C19H21N3O/c1-12-7-8-13(2)16(10-12)21-18(23)11-17-15(4)20-19-14(3)6-5-9-22(17)19/h5-10H,11H2,1-4H3,(H,21,23). The third kappa shape index (κ3) is 2.97. The van der Waals surface area contributed by atoms with Gasteiger partial charge in [-0.2, -0.15) is 0 Å². The van der Waals surface area contributed by atoms with Crippen molar-refractivity contribution < 1.29 is 4.79 Å². The Morgan fingerprint density at radius 3 is 2.70 bits per heavy atom. The first-order valence-electron chi connectivity index (χ1n) is 7.76. The minimum absolute atomic E-state index is 0.0230. The van der Waals surface area contributed by atoms with Crippen molar-refractivity contribution in [1.29, 1.82) is 0 Å². The maximum absolute atomic E-state index is 12.5. The lowest BCUT2D eigenvalue weighted by atomic mass is 10.1. The van der Waals surface area contributed by atoms with Crippen molar-refractivity contribution in [3.63, 3.8) is 0 Å². The number of carbonyl (C=O) groups is 1. The van der Waals surface area contributed by atoms with Gasteiger partial charge in [0.25, 0.3) is 0 Å². The number of fused-ring (bicyclic) bond motifs is 1. The van der Waals surface area contributed by atoms with E-state index in [0.717, 1.165) is 39.4 Å². The number of anilines is 1. The van der Waals surface area contributed by atoms with Gasteiger partial charge in [0.15, 0.2) is 0 Å². The monoisotopic (exact) mass is 307 g/mol. The van der Waals surface area contributed by atoms with Crippen molar-refractivity contribution in [2.45, 2.75) is 34.1 Å². The van der Waals surface area contributed by atoms with E-state index in [4.69, 9.17) is 0 Å². The number of nitrogens with one attached hydrogen (secondary N) is 1. The van der Waals surface area contributed by atoms with Crippen molar-refractivity contribution >= 4 is 17.2 Å². The van der Waals surface area contributed by atoms with E-state index in [0.29, 0.717) is 6.42 Å². The van der Waals surface area contributed by atoms with Crippen LogP contribution in [-0.4, -0.2) is 15.3 Å². The number of benzene rings is 1. The molecule has 1 aromatic carbocycles. The maximum Gasteiger partial charge on any atom is 0.230 e. The number of imidazole rings is 1. The Morgan fingerprint density at radius 1 is 1.13 bits per heavy atom. The molecule has 0 atom stereocenters. The van der Waals surface area contributed by atoms with E-state index < -0.39 is 0 Å². The molecule has 4 heteroatoms. The quantitative estimate of drug-likeness (QED) is 0.801. The molecule has 2 heterocycles. The molecule has 0 spiro atoms. The Labute approximate surface area is 136 Å². The summed E-state index contributed by atoms with van der Waals surface area (Å²) in [5.74, 6) is -0.0230. The summed E-state index contributed by atoms with van der Waals surface area (Å²) >= 11 is 0. The third-order valence-corrected chi connectivity index (χ3v) is 4.14. The Hall–Kier alpha value is -2.62. The second-order valence-corrected chi connectivity index (χ2v) is 6.07. The van der Waals surface area contributed by atoms with E-state index in [1.165, 1.54) is 0 Å². The van der Waals surface area contributed by atoms with Gasteiger partial charge in [0.05, 0.1) is 17.8 Å². The zero-order valence-electron chi connectivity index (χ0n) is 14.0. The molecule has 0 fully saturated rings. The number of rotatable bonds is 3. The number of nitrogens with zero attached hydrogens (tertiary/aromatic N) is 2.